The molecular weight excluding hydrogens is 344 g/mol. The first-order valence-corrected chi connectivity index (χ1v) is 7.92. The van der Waals surface area contributed by atoms with E-state index in [1.807, 2.05) is 0 Å². The lowest BCUT2D eigenvalue weighted by Gasteiger charge is -2.10. The molecule has 0 aromatic heterocycles. The van der Waals surface area contributed by atoms with Crippen molar-refractivity contribution in [3.8, 4) is 5.75 Å². The molecule has 0 atom stereocenters. The van der Waals surface area contributed by atoms with Gasteiger partial charge in [0.1, 0.15) is 5.75 Å². The number of nitrogen functional groups attached to an aromatic ring is 1. The summed E-state index contributed by atoms with van der Waals surface area (Å²) >= 11 is 3.26. The van der Waals surface area contributed by atoms with Gasteiger partial charge in [-0.2, -0.15) is 0 Å². The van der Waals surface area contributed by atoms with Crippen LogP contribution in [0, 0.1) is 0 Å². The summed E-state index contributed by atoms with van der Waals surface area (Å²) in [6, 6.07) is 11.1. The van der Waals surface area contributed by atoms with Gasteiger partial charge in [0.2, 0.25) is 0 Å². The molecule has 0 fully saturated rings. The summed E-state index contributed by atoms with van der Waals surface area (Å²) < 4.78 is 32.6. The summed E-state index contributed by atoms with van der Waals surface area (Å²) in [6.45, 7) is 0. The van der Waals surface area contributed by atoms with Crippen molar-refractivity contribution < 1.29 is 13.2 Å². The van der Waals surface area contributed by atoms with E-state index in [9.17, 15) is 8.42 Å². The Bertz CT molecular complexity index is 732. The Morgan fingerprint density at radius 3 is 2.55 bits per heavy atom. The fourth-order valence-corrected chi connectivity index (χ4v) is 3.40. The van der Waals surface area contributed by atoms with Gasteiger partial charge in [0.25, 0.3) is 10.0 Å². The smallest absolute Gasteiger partial charge is 0.261 e. The Morgan fingerprint density at radius 2 is 1.95 bits per heavy atom. The third-order valence-electron chi connectivity index (χ3n) is 2.57. The minimum Gasteiger partial charge on any atom is -0.496 e. The van der Waals surface area contributed by atoms with Gasteiger partial charge in [-0.15, -0.1) is 0 Å². The van der Waals surface area contributed by atoms with E-state index in [0.717, 1.165) is 0 Å². The number of methoxy groups -OCH3 is 1. The van der Waals surface area contributed by atoms with E-state index in [1.54, 1.807) is 30.3 Å². The van der Waals surface area contributed by atoms with Crippen molar-refractivity contribution in [1.29, 1.82) is 0 Å². The number of sulfonamides is 1. The molecular formula is C13H13BrN2O3S. The summed E-state index contributed by atoms with van der Waals surface area (Å²) in [5.41, 5.74) is 6.52. The van der Waals surface area contributed by atoms with Crippen molar-refractivity contribution in [2.75, 3.05) is 17.6 Å². The lowest BCUT2D eigenvalue weighted by Crippen LogP contribution is -2.13. The van der Waals surface area contributed by atoms with Gasteiger partial charge in [-0.05, 0) is 52.3 Å². The fourth-order valence-electron chi connectivity index (χ4n) is 1.63. The second-order valence-corrected chi connectivity index (χ2v) is 6.56. The quantitative estimate of drug-likeness (QED) is 0.825. The molecule has 0 aliphatic rings. The highest BCUT2D eigenvalue weighted by molar-refractivity contribution is 9.10. The summed E-state index contributed by atoms with van der Waals surface area (Å²) in [5.74, 6) is 0.563. The predicted molar refractivity (Wildman–Crippen MR) is 82.4 cm³/mol. The van der Waals surface area contributed by atoms with Gasteiger partial charge in [-0.3, -0.25) is 4.72 Å². The summed E-state index contributed by atoms with van der Waals surface area (Å²) in [7, 11) is -2.16. The Balaban J connectivity index is 2.33. The Kier molecular flexibility index (Phi) is 4.20. The van der Waals surface area contributed by atoms with Gasteiger partial charge in [-0.1, -0.05) is 6.07 Å². The number of ether oxygens (including phenoxy) is 1. The first-order valence-electron chi connectivity index (χ1n) is 5.64. The molecule has 0 heterocycles. The maximum absolute atomic E-state index is 12.3. The van der Waals surface area contributed by atoms with E-state index >= 15 is 0 Å². The van der Waals surface area contributed by atoms with Crippen LogP contribution in [-0.2, 0) is 10.0 Å². The number of nitrogens with two attached hydrogens (primary N) is 1. The van der Waals surface area contributed by atoms with Crippen LogP contribution in [0.4, 0.5) is 11.4 Å². The van der Waals surface area contributed by atoms with Gasteiger partial charge in [-0.25, -0.2) is 8.42 Å². The number of anilines is 2. The molecule has 0 radical (unpaired) electrons. The number of hydrogen-bond acceptors (Lipinski definition) is 4. The maximum atomic E-state index is 12.3. The summed E-state index contributed by atoms with van der Waals surface area (Å²) in [5, 5.41) is 0. The molecule has 3 N–H and O–H groups in total. The number of hydrogen-bond donors (Lipinski definition) is 2. The number of halogens is 1. The molecule has 2 aromatic rings. The molecule has 0 amide bonds. The topological polar surface area (TPSA) is 81.4 Å². The Labute approximate surface area is 125 Å². The molecule has 2 aromatic carbocycles. The molecule has 0 aliphatic heterocycles. The van der Waals surface area contributed by atoms with E-state index in [-0.39, 0.29) is 4.90 Å². The molecule has 0 unspecified atom stereocenters. The normalized spacial score (nSPS) is 11.1. The Hall–Kier alpha value is -1.73. The third-order valence-corrected chi connectivity index (χ3v) is 4.57. The summed E-state index contributed by atoms with van der Waals surface area (Å²) in [6.07, 6.45) is 0. The van der Waals surface area contributed by atoms with E-state index in [1.165, 1.54) is 19.2 Å². The molecule has 0 saturated carbocycles. The SMILES string of the molecule is COc1ccc(S(=O)(=O)Nc2cccc(N)c2)cc1Br. The van der Waals surface area contributed by atoms with Gasteiger partial charge < -0.3 is 10.5 Å². The predicted octanol–water partition coefficient (Wildman–Crippen LogP) is 2.84. The lowest BCUT2D eigenvalue weighted by atomic mass is 10.3. The molecule has 0 saturated heterocycles. The van der Waals surface area contributed by atoms with Crippen molar-refractivity contribution in [3.63, 3.8) is 0 Å². The molecule has 5 nitrogen and oxygen atoms in total. The van der Waals surface area contributed by atoms with Crippen molar-refractivity contribution in [2.45, 2.75) is 4.90 Å². The van der Waals surface area contributed by atoms with Gasteiger partial charge in [0.05, 0.1) is 22.2 Å². The van der Waals surface area contributed by atoms with E-state index in [2.05, 4.69) is 20.7 Å². The highest BCUT2D eigenvalue weighted by Crippen LogP contribution is 2.28. The molecule has 2 rings (SSSR count). The van der Waals surface area contributed by atoms with Crippen molar-refractivity contribution >= 4 is 37.3 Å². The molecule has 0 bridgehead atoms. The average molecular weight is 357 g/mol. The van der Waals surface area contributed by atoms with E-state index in [0.29, 0.717) is 21.6 Å². The molecule has 7 heteroatoms. The standard InChI is InChI=1S/C13H13BrN2O3S/c1-19-13-6-5-11(8-12(13)14)20(17,18)16-10-4-2-3-9(15)7-10/h2-8,16H,15H2,1H3. The van der Waals surface area contributed by atoms with Crippen LogP contribution in [0.15, 0.2) is 51.8 Å². The largest absolute Gasteiger partial charge is 0.496 e. The van der Waals surface area contributed by atoms with Crippen LogP contribution in [0.1, 0.15) is 0 Å². The minimum absolute atomic E-state index is 0.132. The lowest BCUT2D eigenvalue weighted by molar-refractivity contribution is 0.411. The number of benzene rings is 2. The van der Waals surface area contributed by atoms with Crippen LogP contribution >= 0.6 is 15.9 Å². The first-order chi connectivity index (χ1) is 9.42. The zero-order valence-electron chi connectivity index (χ0n) is 10.6. The highest BCUT2D eigenvalue weighted by atomic mass is 79.9. The number of nitrogens with one attached hydrogen (secondary N) is 1. The average Bonchev–Trinajstić information content (AvgIpc) is 2.38. The second-order valence-electron chi connectivity index (χ2n) is 4.03. The Morgan fingerprint density at radius 1 is 1.20 bits per heavy atom. The molecule has 106 valence electrons. The van der Waals surface area contributed by atoms with Crippen LogP contribution in [0.2, 0.25) is 0 Å². The first kappa shape index (κ1) is 14.7. The van der Waals surface area contributed by atoms with Crippen LogP contribution in [0.25, 0.3) is 0 Å². The van der Waals surface area contributed by atoms with Gasteiger partial charge in [0.15, 0.2) is 0 Å². The van der Waals surface area contributed by atoms with Crippen molar-refractivity contribution in [1.82, 2.24) is 0 Å². The molecule has 0 aliphatic carbocycles. The van der Waals surface area contributed by atoms with Crippen LogP contribution in [0.3, 0.4) is 0 Å². The number of rotatable bonds is 4. The maximum Gasteiger partial charge on any atom is 0.261 e. The van der Waals surface area contributed by atoms with Crippen LogP contribution < -0.4 is 15.2 Å². The van der Waals surface area contributed by atoms with Crippen LogP contribution in [0.5, 0.6) is 5.75 Å². The molecule has 20 heavy (non-hydrogen) atoms. The second kappa shape index (κ2) is 5.72. The minimum atomic E-state index is -3.67. The van der Waals surface area contributed by atoms with Gasteiger partial charge in [0, 0.05) is 5.69 Å². The third kappa shape index (κ3) is 3.23. The molecule has 0 spiro atoms. The monoisotopic (exact) mass is 356 g/mol. The van der Waals surface area contributed by atoms with Gasteiger partial charge >= 0.3 is 0 Å². The van der Waals surface area contributed by atoms with Crippen LogP contribution in [-0.4, -0.2) is 15.5 Å². The highest BCUT2D eigenvalue weighted by Gasteiger charge is 2.16. The van der Waals surface area contributed by atoms with E-state index in [4.69, 9.17) is 10.5 Å². The zero-order chi connectivity index (χ0) is 14.8. The van der Waals surface area contributed by atoms with Crippen molar-refractivity contribution in [2.24, 2.45) is 0 Å². The zero-order valence-corrected chi connectivity index (χ0v) is 13.0. The fraction of sp³-hybridized carbons (Fsp3) is 0.0769. The van der Waals surface area contributed by atoms with Crippen molar-refractivity contribution in [3.05, 3.63) is 46.9 Å². The van der Waals surface area contributed by atoms with E-state index < -0.39 is 10.0 Å². The summed E-state index contributed by atoms with van der Waals surface area (Å²) in [4.78, 5) is 0.132.